The van der Waals surface area contributed by atoms with Crippen LogP contribution in [0.2, 0.25) is 0 Å². The first-order valence-corrected chi connectivity index (χ1v) is 18.2. The van der Waals surface area contributed by atoms with Gasteiger partial charge in [-0.1, -0.05) is 32.9 Å². The predicted molar refractivity (Wildman–Crippen MR) is 184 cm³/mol. The standard InChI is InChI=1S/C36H66N2O12/c1-13-24-15-26(39)20(4)28(37-44)18(2)16-35(8,43)32(50-34-29(40)25(38(10)11)14-19(3)46-34)21(5)30(22(6)33(42)48-24)49-27-17-36(9,45-12)31(41)23(7)47-27/h18-27,29-32,34,39-41,43-44H,13-17H2,1-12H3/b37-28-/t18-,19-,20-,21+,22-,23+,24-,25+,26+,27+,29-,30+,31+,32-,34+,35?,36-/m1/s1. The van der Waals surface area contributed by atoms with Crippen LogP contribution < -0.4 is 0 Å². The zero-order chi connectivity index (χ0) is 37.9. The van der Waals surface area contributed by atoms with E-state index in [0.717, 1.165) is 0 Å². The van der Waals surface area contributed by atoms with Crippen LogP contribution in [0.25, 0.3) is 0 Å². The number of hydrogen-bond acceptors (Lipinski definition) is 14. The molecule has 0 spiro atoms. The van der Waals surface area contributed by atoms with Crippen LogP contribution in [0.15, 0.2) is 5.16 Å². The quantitative estimate of drug-likeness (QED) is 0.147. The third-order valence-electron chi connectivity index (χ3n) is 11.4. The number of aliphatic hydroxyl groups excluding tert-OH is 3. The summed E-state index contributed by atoms with van der Waals surface area (Å²) in [6.07, 6.45) is -7.48. The van der Waals surface area contributed by atoms with E-state index >= 15 is 0 Å². The molecule has 3 fully saturated rings. The van der Waals surface area contributed by atoms with Crippen molar-refractivity contribution in [3.8, 4) is 0 Å². The molecule has 0 aromatic carbocycles. The SMILES string of the molecule is CC[C@@H]1C[C@H](O)[C@@H](C)/C(=N\O)[C@H](C)CC(C)(O)[C@H](O[C@@H]2O[C@H](C)C[C@H](N(C)C)[C@H]2O)[C@@H](C)[C@H](O[C@H]2C[C@@](C)(OC)[C@@H](O)[C@H](C)O2)[C@@H](C)C(=O)O1. The molecule has 3 aliphatic rings. The van der Waals surface area contributed by atoms with Gasteiger partial charge in [0.2, 0.25) is 0 Å². The normalized spacial score (nSPS) is 48.3. The molecule has 3 heterocycles. The van der Waals surface area contributed by atoms with E-state index in [0.29, 0.717) is 12.8 Å². The highest BCUT2D eigenvalue weighted by Crippen LogP contribution is 2.40. The minimum Gasteiger partial charge on any atom is -0.462 e. The molecule has 3 saturated heterocycles. The molecule has 292 valence electrons. The van der Waals surface area contributed by atoms with Crippen LogP contribution in [0, 0.1) is 23.7 Å². The molecule has 1 unspecified atom stereocenters. The molecule has 0 radical (unpaired) electrons. The van der Waals surface area contributed by atoms with Gasteiger partial charge in [0.05, 0.1) is 53.4 Å². The number of aliphatic hydroxyl groups is 4. The van der Waals surface area contributed by atoms with Gasteiger partial charge < -0.3 is 59.0 Å². The van der Waals surface area contributed by atoms with Gasteiger partial charge >= 0.3 is 5.97 Å². The number of carbonyl (C=O) groups is 1. The van der Waals surface area contributed by atoms with Crippen LogP contribution in [-0.4, -0.2) is 142 Å². The summed E-state index contributed by atoms with van der Waals surface area (Å²) >= 11 is 0. The first-order chi connectivity index (χ1) is 23.2. The number of ether oxygens (including phenoxy) is 6. The monoisotopic (exact) mass is 718 g/mol. The van der Waals surface area contributed by atoms with E-state index in [1.54, 1.807) is 48.5 Å². The molecule has 0 amide bonds. The van der Waals surface area contributed by atoms with E-state index in [-0.39, 0.29) is 37.1 Å². The lowest BCUT2D eigenvalue weighted by Gasteiger charge is -2.49. The van der Waals surface area contributed by atoms with Gasteiger partial charge in [-0.25, -0.2) is 0 Å². The fraction of sp³-hybridized carbons (Fsp3) is 0.944. The van der Waals surface area contributed by atoms with Gasteiger partial charge in [-0.15, -0.1) is 0 Å². The van der Waals surface area contributed by atoms with Crippen molar-refractivity contribution in [2.45, 2.75) is 173 Å². The second kappa shape index (κ2) is 17.6. The van der Waals surface area contributed by atoms with E-state index in [1.165, 1.54) is 7.11 Å². The highest BCUT2D eigenvalue weighted by atomic mass is 16.7. The number of likely N-dealkylation sites (N-methyl/N-ethyl adjacent to an activating group) is 1. The predicted octanol–water partition coefficient (Wildman–Crippen LogP) is 2.69. The van der Waals surface area contributed by atoms with E-state index in [2.05, 4.69) is 5.16 Å². The zero-order valence-electron chi connectivity index (χ0n) is 32.2. The molecule has 3 aliphatic heterocycles. The van der Waals surface area contributed by atoms with Gasteiger partial charge in [0.25, 0.3) is 0 Å². The first-order valence-electron chi connectivity index (χ1n) is 18.2. The molecular formula is C36H66N2O12. The summed E-state index contributed by atoms with van der Waals surface area (Å²) in [5.41, 5.74) is -2.41. The highest BCUT2D eigenvalue weighted by molar-refractivity contribution is 5.88. The Balaban J connectivity index is 2.16. The molecular weight excluding hydrogens is 652 g/mol. The maximum Gasteiger partial charge on any atom is 0.311 e. The van der Waals surface area contributed by atoms with E-state index in [1.807, 2.05) is 32.8 Å². The molecule has 3 rings (SSSR count). The average molecular weight is 719 g/mol. The number of carbonyl (C=O) groups excluding carboxylic acids is 1. The smallest absolute Gasteiger partial charge is 0.311 e. The topological polar surface area (TPSA) is 189 Å². The van der Waals surface area contributed by atoms with E-state index < -0.39 is 96.2 Å². The Morgan fingerprint density at radius 3 is 2.16 bits per heavy atom. The average Bonchev–Trinajstić information content (AvgIpc) is 3.04. The fourth-order valence-electron chi connectivity index (χ4n) is 8.13. The Labute approximate surface area is 298 Å². The Morgan fingerprint density at radius 1 is 0.960 bits per heavy atom. The highest BCUT2D eigenvalue weighted by Gasteiger charge is 2.52. The van der Waals surface area contributed by atoms with Gasteiger partial charge in [0, 0.05) is 43.7 Å². The lowest BCUT2D eigenvalue weighted by atomic mass is 9.75. The number of rotatable bonds is 7. The van der Waals surface area contributed by atoms with Crippen molar-refractivity contribution in [3.63, 3.8) is 0 Å². The Bertz CT molecular complexity index is 1120. The van der Waals surface area contributed by atoms with E-state index in [9.17, 15) is 30.4 Å². The summed E-state index contributed by atoms with van der Waals surface area (Å²) in [4.78, 5) is 15.9. The second-order valence-corrected chi connectivity index (χ2v) is 15.9. The minimum absolute atomic E-state index is 0.0294. The molecule has 0 aliphatic carbocycles. The molecule has 0 aromatic heterocycles. The molecule has 0 aromatic rings. The maximum absolute atomic E-state index is 14.0. The van der Waals surface area contributed by atoms with Crippen molar-refractivity contribution in [3.05, 3.63) is 0 Å². The van der Waals surface area contributed by atoms with Crippen molar-refractivity contribution in [1.82, 2.24) is 4.90 Å². The number of nitrogens with zero attached hydrogens (tertiary/aromatic N) is 2. The van der Waals surface area contributed by atoms with Gasteiger partial charge in [0.1, 0.15) is 18.3 Å². The van der Waals surface area contributed by atoms with Gasteiger partial charge in [-0.2, -0.15) is 0 Å². The summed E-state index contributed by atoms with van der Waals surface area (Å²) in [7, 11) is 5.24. The molecule has 14 heteroatoms. The number of oxime groups is 1. The summed E-state index contributed by atoms with van der Waals surface area (Å²) in [6.45, 7) is 15.8. The molecule has 50 heavy (non-hydrogen) atoms. The molecule has 17 atom stereocenters. The van der Waals surface area contributed by atoms with E-state index in [4.69, 9.17) is 28.4 Å². The molecule has 0 bridgehead atoms. The van der Waals surface area contributed by atoms with Crippen molar-refractivity contribution in [2.24, 2.45) is 28.8 Å². The van der Waals surface area contributed by atoms with Crippen molar-refractivity contribution in [2.75, 3.05) is 21.2 Å². The summed E-state index contributed by atoms with van der Waals surface area (Å²) < 4.78 is 37.3. The van der Waals surface area contributed by atoms with Crippen LogP contribution in [0.3, 0.4) is 0 Å². The van der Waals surface area contributed by atoms with Crippen molar-refractivity contribution < 1.29 is 58.8 Å². The second-order valence-electron chi connectivity index (χ2n) is 15.9. The Hall–Kier alpha value is -1.46. The van der Waals surface area contributed by atoms with Gasteiger partial charge in [-0.3, -0.25) is 4.79 Å². The summed E-state index contributed by atoms with van der Waals surface area (Å²) in [6, 6.07) is -0.293. The molecule has 14 nitrogen and oxygen atoms in total. The zero-order valence-corrected chi connectivity index (χ0v) is 32.2. The van der Waals surface area contributed by atoms with Crippen LogP contribution in [0.1, 0.15) is 94.4 Å². The fourth-order valence-corrected chi connectivity index (χ4v) is 8.13. The molecule has 5 N–H and O–H groups in total. The van der Waals surface area contributed by atoms with Crippen LogP contribution in [-0.2, 0) is 33.2 Å². The third-order valence-corrected chi connectivity index (χ3v) is 11.4. The lowest BCUT2D eigenvalue weighted by Crippen LogP contribution is -2.60. The third kappa shape index (κ3) is 9.74. The summed E-state index contributed by atoms with van der Waals surface area (Å²) in [5, 5.41) is 59.7. The van der Waals surface area contributed by atoms with Crippen LogP contribution in [0.5, 0.6) is 0 Å². The van der Waals surface area contributed by atoms with Crippen molar-refractivity contribution >= 4 is 11.7 Å². The first kappa shape index (κ1) is 42.9. The van der Waals surface area contributed by atoms with Crippen LogP contribution >= 0.6 is 0 Å². The number of methoxy groups -OCH3 is 1. The largest absolute Gasteiger partial charge is 0.462 e. The summed E-state index contributed by atoms with van der Waals surface area (Å²) in [5.74, 6) is -3.41. The number of hydrogen-bond donors (Lipinski definition) is 5. The van der Waals surface area contributed by atoms with Crippen molar-refractivity contribution in [1.29, 1.82) is 0 Å². The molecule has 0 saturated carbocycles. The maximum atomic E-state index is 14.0. The van der Waals surface area contributed by atoms with Gasteiger partial charge in [0.15, 0.2) is 12.6 Å². The Morgan fingerprint density at radius 2 is 1.60 bits per heavy atom. The number of cyclic esters (lactones) is 1. The number of esters is 1. The minimum atomic E-state index is -1.68. The van der Waals surface area contributed by atoms with Gasteiger partial charge in [-0.05, 0) is 68.0 Å². The van der Waals surface area contributed by atoms with Crippen LogP contribution in [0.4, 0.5) is 0 Å². The Kier molecular flexibility index (Phi) is 15.1. The lowest BCUT2D eigenvalue weighted by molar-refractivity contribution is -0.317.